The highest BCUT2D eigenvalue weighted by atomic mass is 32.1. The number of aryl methyl sites for hydroxylation is 1. The van der Waals surface area contributed by atoms with E-state index >= 15 is 0 Å². The van der Waals surface area contributed by atoms with Crippen molar-refractivity contribution in [3.63, 3.8) is 0 Å². The van der Waals surface area contributed by atoms with Crippen LogP contribution in [0.3, 0.4) is 0 Å². The molecule has 2 atom stereocenters. The van der Waals surface area contributed by atoms with Gasteiger partial charge >= 0.3 is 0 Å². The van der Waals surface area contributed by atoms with Gasteiger partial charge in [0.05, 0.1) is 17.3 Å². The Morgan fingerprint density at radius 2 is 2.11 bits per heavy atom. The van der Waals surface area contributed by atoms with Crippen molar-refractivity contribution in [1.82, 2.24) is 14.8 Å². The van der Waals surface area contributed by atoms with Gasteiger partial charge in [0.1, 0.15) is 0 Å². The Kier molecular flexibility index (Phi) is 4.17. The van der Waals surface area contributed by atoms with Gasteiger partial charge in [0.2, 0.25) is 0 Å². The number of hydrogen-bond donors (Lipinski definition) is 1. The molecule has 0 unspecified atom stereocenters. The summed E-state index contributed by atoms with van der Waals surface area (Å²) in [5, 5.41) is 10.3. The van der Waals surface area contributed by atoms with Gasteiger partial charge in [-0.05, 0) is 32.9 Å². The van der Waals surface area contributed by atoms with Crippen LogP contribution in [0.2, 0.25) is 0 Å². The van der Waals surface area contributed by atoms with Crippen LogP contribution in [0, 0.1) is 6.92 Å². The molecule has 106 valence electrons. The summed E-state index contributed by atoms with van der Waals surface area (Å²) < 4.78 is 0. The number of rotatable bonds is 3. The summed E-state index contributed by atoms with van der Waals surface area (Å²) in [5.74, 6) is 0. The van der Waals surface area contributed by atoms with E-state index < -0.39 is 0 Å². The molecule has 5 heteroatoms. The lowest BCUT2D eigenvalue weighted by molar-refractivity contribution is 0.0706. The van der Waals surface area contributed by atoms with Crippen LogP contribution >= 0.6 is 11.3 Å². The molecule has 0 spiro atoms. The molecule has 2 aliphatic rings. The predicted molar refractivity (Wildman–Crippen MR) is 77.3 cm³/mol. The van der Waals surface area contributed by atoms with Crippen molar-refractivity contribution < 1.29 is 5.11 Å². The van der Waals surface area contributed by atoms with E-state index in [1.807, 2.05) is 5.51 Å². The standard InChI is InChI=1S/C14H23N3OS/c1-11-14(19-10-15-11)9-16-7-12(13(18)8-16)17-5-3-2-4-6-17/h10,12-13,18H,2-9H2,1H3/t12-,13-/m0/s1. The molecule has 0 aliphatic carbocycles. The topological polar surface area (TPSA) is 39.6 Å². The van der Waals surface area contributed by atoms with E-state index in [1.165, 1.54) is 24.1 Å². The van der Waals surface area contributed by atoms with E-state index in [4.69, 9.17) is 0 Å². The van der Waals surface area contributed by atoms with Crippen LogP contribution < -0.4 is 0 Å². The van der Waals surface area contributed by atoms with E-state index in [0.717, 1.165) is 38.4 Å². The van der Waals surface area contributed by atoms with Crippen LogP contribution in [0.25, 0.3) is 0 Å². The maximum absolute atomic E-state index is 10.3. The molecule has 0 bridgehead atoms. The Hall–Kier alpha value is -0.490. The fraction of sp³-hybridized carbons (Fsp3) is 0.786. The van der Waals surface area contributed by atoms with E-state index in [9.17, 15) is 5.11 Å². The molecule has 3 rings (SSSR count). The number of aliphatic hydroxyl groups is 1. The number of hydrogen-bond acceptors (Lipinski definition) is 5. The number of aromatic nitrogens is 1. The van der Waals surface area contributed by atoms with E-state index in [0.29, 0.717) is 6.04 Å². The van der Waals surface area contributed by atoms with Gasteiger partial charge in [0, 0.05) is 30.6 Å². The molecule has 19 heavy (non-hydrogen) atoms. The van der Waals surface area contributed by atoms with Gasteiger partial charge in [-0.15, -0.1) is 11.3 Å². The van der Waals surface area contributed by atoms with Gasteiger partial charge < -0.3 is 5.11 Å². The second kappa shape index (κ2) is 5.87. The molecular formula is C14H23N3OS. The molecule has 1 N–H and O–H groups in total. The summed E-state index contributed by atoms with van der Waals surface area (Å²) in [5.41, 5.74) is 3.06. The minimum atomic E-state index is -0.189. The van der Waals surface area contributed by atoms with Crippen LogP contribution in [0.5, 0.6) is 0 Å². The molecular weight excluding hydrogens is 258 g/mol. The lowest BCUT2D eigenvalue weighted by Gasteiger charge is -2.33. The first-order chi connectivity index (χ1) is 9.24. The summed E-state index contributed by atoms with van der Waals surface area (Å²) >= 11 is 1.73. The molecule has 0 amide bonds. The number of aliphatic hydroxyl groups excluding tert-OH is 1. The summed E-state index contributed by atoms with van der Waals surface area (Å²) in [6, 6.07) is 0.341. The third-order valence-electron chi connectivity index (χ3n) is 4.41. The Balaban J connectivity index is 1.59. The van der Waals surface area contributed by atoms with Crippen molar-refractivity contribution in [3.05, 3.63) is 16.1 Å². The Morgan fingerprint density at radius 1 is 1.32 bits per heavy atom. The van der Waals surface area contributed by atoms with Crippen LogP contribution in [0.15, 0.2) is 5.51 Å². The SMILES string of the molecule is Cc1ncsc1CN1C[C@H](O)[C@@H](N2CCCCC2)C1. The maximum atomic E-state index is 10.3. The molecule has 4 nitrogen and oxygen atoms in total. The second-order valence-corrected chi connectivity index (χ2v) is 6.73. The van der Waals surface area contributed by atoms with Gasteiger partial charge in [-0.3, -0.25) is 9.80 Å². The quantitative estimate of drug-likeness (QED) is 0.911. The fourth-order valence-corrected chi connectivity index (χ4v) is 4.08. The van der Waals surface area contributed by atoms with Gasteiger partial charge in [-0.2, -0.15) is 0 Å². The van der Waals surface area contributed by atoms with Crippen LogP contribution in [-0.4, -0.2) is 58.2 Å². The number of thiazole rings is 1. The third kappa shape index (κ3) is 2.99. The first kappa shape index (κ1) is 13.5. The lowest BCUT2D eigenvalue weighted by atomic mass is 10.1. The first-order valence-corrected chi connectivity index (χ1v) is 8.15. The monoisotopic (exact) mass is 281 g/mol. The summed E-state index contributed by atoms with van der Waals surface area (Å²) in [7, 11) is 0. The Labute approximate surface area is 119 Å². The fourth-order valence-electron chi connectivity index (χ4n) is 3.27. The van der Waals surface area contributed by atoms with Crippen molar-refractivity contribution in [2.75, 3.05) is 26.2 Å². The minimum absolute atomic E-state index is 0.189. The predicted octanol–water partition coefficient (Wildman–Crippen LogP) is 1.48. The number of β-amino-alcohol motifs (C(OH)–C–C–N with tert-alkyl or cyclic N) is 1. The van der Waals surface area contributed by atoms with Gasteiger partial charge in [-0.25, -0.2) is 4.98 Å². The van der Waals surface area contributed by atoms with Crippen molar-refractivity contribution in [1.29, 1.82) is 0 Å². The van der Waals surface area contributed by atoms with Crippen LogP contribution in [0.1, 0.15) is 29.8 Å². The zero-order valence-electron chi connectivity index (χ0n) is 11.6. The minimum Gasteiger partial charge on any atom is -0.390 e. The van der Waals surface area contributed by atoms with Crippen molar-refractivity contribution in [2.24, 2.45) is 0 Å². The van der Waals surface area contributed by atoms with E-state index in [1.54, 1.807) is 11.3 Å². The Bertz CT molecular complexity index is 417. The molecule has 0 saturated carbocycles. The summed E-state index contributed by atoms with van der Waals surface area (Å²) in [6.45, 7) is 7.14. The molecule has 2 aliphatic heterocycles. The van der Waals surface area contributed by atoms with Crippen molar-refractivity contribution >= 4 is 11.3 Å². The third-order valence-corrected chi connectivity index (χ3v) is 5.33. The smallest absolute Gasteiger partial charge is 0.0834 e. The summed E-state index contributed by atoms with van der Waals surface area (Å²) in [6.07, 6.45) is 3.74. The summed E-state index contributed by atoms with van der Waals surface area (Å²) in [4.78, 5) is 10.5. The zero-order chi connectivity index (χ0) is 13.2. The highest BCUT2D eigenvalue weighted by molar-refractivity contribution is 7.09. The van der Waals surface area contributed by atoms with Crippen LogP contribution in [0.4, 0.5) is 0 Å². The van der Waals surface area contributed by atoms with Crippen molar-refractivity contribution in [2.45, 2.75) is 44.9 Å². The lowest BCUT2D eigenvalue weighted by Crippen LogP contribution is -2.45. The number of piperidine rings is 1. The van der Waals surface area contributed by atoms with Gasteiger partial charge in [0.15, 0.2) is 0 Å². The first-order valence-electron chi connectivity index (χ1n) is 7.27. The molecule has 1 aromatic heterocycles. The molecule has 3 heterocycles. The average Bonchev–Trinajstić information content (AvgIpc) is 2.98. The number of nitrogens with zero attached hydrogens (tertiary/aromatic N) is 3. The van der Waals surface area contributed by atoms with E-state index in [2.05, 4.69) is 21.7 Å². The highest BCUT2D eigenvalue weighted by Gasteiger charge is 2.35. The molecule has 2 fully saturated rings. The van der Waals surface area contributed by atoms with E-state index in [-0.39, 0.29) is 6.10 Å². The van der Waals surface area contributed by atoms with Crippen LogP contribution in [-0.2, 0) is 6.54 Å². The second-order valence-electron chi connectivity index (χ2n) is 5.79. The molecule has 1 aromatic rings. The molecule has 0 radical (unpaired) electrons. The zero-order valence-corrected chi connectivity index (χ0v) is 12.4. The highest BCUT2D eigenvalue weighted by Crippen LogP contribution is 2.23. The van der Waals surface area contributed by atoms with Gasteiger partial charge in [0.25, 0.3) is 0 Å². The molecule has 0 aromatic carbocycles. The maximum Gasteiger partial charge on any atom is 0.0834 e. The normalized spacial score (nSPS) is 30.0. The number of likely N-dealkylation sites (tertiary alicyclic amines) is 2. The van der Waals surface area contributed by atoms with Crippen molar-refractivity contribution in [3.8, 4) is 0 Å². The average molecular weight is 281 g/mol. The van der Waals surface area contributed by atoms with Gasteiger partial charge in [-0.1, -0.05) is 6.42 Å². The molecule has 2 saturated heterocycles. The Morgan fingerprint density at radius 3 is 2.79 bits per heavy atom. The largest absolute Gasteiger partial charge is 0.390 e.